The highest BCUT2D eigenvalue weighted by molar-refractivity contribution is 5.84. The van der Waals surface area contributed by atoms with Gasteiger partial charge in [0.15, 0.2) is 5.69 Å². The maximum Gasteiger partial charge on any atom is 0.358 e. The van der Waals surface area contributed by atoms with E-state index in [0.29, 0.717) is 6.54 Å². The summed E-state index contributed by atoms with van der Waals surface area (Å²) in [4.78, 5) is 10.6. The molecule has 88 valence electrons. The maximum absolute atomic E-state index is 12.9. The first-order chi connectivity index (χ1) is 8.06. The second-order valence-corrected chi connectivity index (χ2v) is 3.68. The van der Waals surface area contributed by atoms with Crippen LogP contribution >= 0.6 is 0 Å². The number of carboxylic acid groups (broad SMARTS) is 1. The number of carboxylic acids is 1. The van der Waals surface area contributed by atoms with Crippen molar-refractivity contribution in [2.75, 3.05) is 0 Å². The Bertz CT molecular complexity index is 566. The molecule has 0 aliphatic rings. The van der Waals surface area contributed by atoms with Crippen molar-refractivity contribution in [3.63, 3.8) is 0 Å². The molecule has 0 amide bonds. The molecular weight excluding hydrogens is 225 g/mol. The first-order valence-corrected chi connectivity index (χ1v) is 4.95. The van der Waals surface area contributed by atoms with Crippen LogP contribution in [-0.2, 0) is 6.54 Å². The first kappa shape index (κ1) is 11.3. The lowest BCUT2D eigenvalue weighted by Crippen LogP contribution is -2.02. The Morgan fingerprint density at radius 1 is 1.53 bits per heavy atom. The second-order valence-electron chi connectivity index (χ2n) is 3.68. The fourth-order valence-electron chi connectivity index (χ4n) is 1.48. The predicted molar refractivity (Wildman–Crippen MR) is 57.2 cm³/mol. The molecule has 0 aliphatic heterocycles. The molecule has 6 heteroatoms. The summed E-state index contributed by atoms with van der Waals surface area (Å²) in [5, 5.41) is 15.9. The normalized spacial score (nSPS) is 10.5. The summed E-state index contributed by atoms with van der Waals surface area (Å²) in [6.07, 6.45) is 1.34. The molecule has 0 unspecified atom stereocenters. The zero-order valence-corrected chi connectivity index (χ0v) is 9.09. The molecule has 2 rings (SSSR count). The van der Waals surface area contributed by atoms with E-state index < -0.39 is 5.97 Å². The summed E-state index contributed by atoms with van der Waals surface area (Å²) >= 11 is 0. The molecule has 1 N–H and O–H groups in total. The average molecular weight is 235 g/mol. The highest BCUT2D eigenvalue weighted by Crippen LogP contribution is 2.11. The van der Waals surface area contributed by atoms with E-state index in [-0.39, 0.29) is 11.5 Å². The maximum atomic E-state index is 12.9. The van der Waals surface area contributed by atoms with E-state index in [2.05, 4.69) is 10.3 Å². The van der Waals surface area contributed by atoms with Crippen LogP contribution < -0.4 is 0 Å². The molecule has 0 saturated carbocycles. The van der Waals surface area contributed by atoms with Gasteiger partial charge < -0.3 is 5.11 Å². The monoisotopic (exact) mass is 235 g/mol. The molecule has 0 radical (unpaired) electrons. The number of carbonyl (C=O) groups is 1. The first-order valence-electron chi connectivity index (χ1n) is 4.95. The third-order valence-corrected chi connectivity index (χ3v) is 2.39. The SMILES string of the molecule is Cc1cc(F)ccc1Cn1cc(C(=O)O)nn1. The van der Waals surface area contributed by atoms with Crippen LogP contribution in [0.2, 0.25) is 0 Å². The minimum atomic E-state index is -1.12. The Hall–Kier alpha value is -2.24. The molecule has 1 aromatic heterocycles. The number of hydrogen-bond acceptors (Lipinski definition) is 3. The highest BCUT2D eigenvalue weighted by atomic mass is 19.1. The Balaban J connectivity index is 2.22. The summed E-state index contributed by atoms with van der Waals surface area (Å²) in [5.41, 5.74) is 1.55. The number of aromatic nitrogens is 3. The quantitative estimate of drug-likeness (QED) is 0.874. The van der Waals surface area contributed by atoms with Crippen LogP contribution in [0.1, 0.15) is 21.6 Å². The van der Waals surface area contributed by atoms with E-state index in [0.717, 1.165) is 11.1 Å². The van der Waals surface area contributed by atoms with Crippen molar-refractivity contribution in [2.45, 2.75) is 13.5 Å². The summed E-state index contributed by atoms with van der Waals surface area (Å²) in [6, 6.07) is 4.43. The van der Waals surface area contributed by atoms with Gasteiger partial charge in [-0.1, -0.05) is 11.3 Å². The van der Waals surface area contributed by atoms with E-state index in [1.807, 2.05) is 0 Å². The molecule has 1 aromatic carbocycles. The molecule has 2 aromatic rings. The Labute approximate surface area is 96.5 Å². The average Bonchev–Trinajstić information content (AvgIpc) is 2.71. The largest absolute Gasteiger partial charge is 0.476 e. The Morgan fingerprint density at radius 3 is 2.88 bits per heavy atom. The lowest BCUT2D eigenvalue weighted by Gasteiger charge is -2.04. The van der Waals surface area contributed by atoms with Crippen molar-refractivity contribution < 1.29 is 14.3 Å². The van der Waals surface area contributed by atoms with Gasteiger partial charge in [-0.05, 0) is 30.2 Å². The molecule has 1 heterocycles. The Kier molecular flexibility index (Phi) is 2.86. The Morgan fingerprint density at radius 2 is 2.29 bits per heavy atom. The fraction of sp³-hybridized carbons (Fsp3) is 0.182. The fourth-order valence-corrected chi connectivity index (χ4v) is 1.48. The smallest absolute Gasteiger partial charge is 0.358 e. The molecule has 0 aliphatic carbocycles. The van der Waals surface area contributed by atoms with E-state index in [1.165, 1.54) is 23.0 Å². The summed E-state index contributed by atoms with van der Waals surface area (Å²) in [6.45, 7) is 2.15. The van der Waals surface area contributed by atoms with E-state index >= 15 is 0 Å². The van der Waals surface area contributed by atoms with Crippen molar-refractivity contribution in [3.05, 3.63) is 47.0 Å². The highest BCUT2D eigenvalue weighted by Gasteiger charge is 2.09. The number of aromatic carboxylic acids is 1. The molecule has 5 nitrogen and oxygen atoms in total. The zero-order chi connectivity index (χ0) is 12.4. The van der Waals surface area contributed by atoms with Gasteiger partial charge in [0.25, 0.3) is 0 Å². The van der Waals surface area contributed by atoms with Gasteiger partial charge in [-0.25, -0.2) is 13.9 Å². The lowest BCUT2D eigenvalue weighted by molar-refractivity contribution is 0.0690. The number of hydrogen-bond donors (Lipinski definition) is 1. The number of aryl methyl sites for hydroxylation is 1. The van der Waals surface area contributed by atoms with E-state index in [9.17, 15) is 9.18 Å². The third-order valence-electron chi connectivity index (χ3n) is 2.39. The predicted octanol–water partition coefficient (Wildman–Crippen LogP) is 1.47. The summed E-state index contributed by atoms with van der Waals surface area (Å²) < 4.78 is 14.3. The van der Waals surface area contributed by atoms with Crippen molar-refractivity contribution >= 4 is 5.97 Å². The second kappa shape index (κ2) is 4.32. The molecule has 17 heavy (non-hydrogen) atoms. The van der Waals surface area contributed by atoms with Gasteiger partial charge in [0.1, 0.15) is 5.82 Å². The van der Waals surface area contributed by atoms with Crippen LogP contribution in [0.15, 0.2) is 24.4 Å². The van der Waals surface area contributed by atoms with Gasteiger partial charge in [-0.2, -0.15) is 0 Å². The minimum absolute atomic E-state index is 0.107. The standard InChI is InChI=1S/C11H10FN3O2/c1-7-4-9(12)3-2-8(7)5-15-6-10(11(16)17)13-14-15/h2-4,6H,5H2,1H3,(H,16,17). The number of benzene rings is 1. The molecule has 0 fully saturated rings. The lowest BCUT2D eigenvalue weighted by atomic mass is 10.1. The third kappa shape index (κ3) is 2.47. The van der Waals surface area contributed by atoms with Crippen molar-refractivity contribution in [1.29, 1.82) is 0 Å². The number of nitrogens with zero attached hydrogens (tertiary/aromatic N) is 3. The van der Waals surface area contributed by atoms with Crippen LogP contribution in [-0.4, -0.2) is 26.1 Å². The number of rotatable bonds is 3. The topological polar surface area (TPSA) is 68.0 Å². The van der Waals surface area contributed by atoms with E-state index in [4.69, 9.17) is 5.11 Å². The van der Waals surface area contributed by atoms with Crippen LogP contribution in [0.25, 0.3) is 0 Å². The van der Waals surface area contributed by atoms with Gasteiger partial charge in [0, 0.05) is 0 Å². The van der Waals surface area contributed by atoms with Gasteiger partial charge >= 0.3 is 5.97 Å². The zero-order valence-electron chi connectivity index (χ0n) is 9.09. The minimum Gasteiger partial charge on any atom is -0.476 e. The van der Waals surface area contributed by atoms with Gasteiger partial charge in [-0.3, -0.25) is 0 Å². The van der Waals surface area contributed by atoms with Gasteiger partial charge in [-0.15, -0.1) is 5.10 Å². The van der Waals surface area contributed by atoms with Gasteiger partial charge in [0.05, 0.1) is 12.7 Å². The van der Waals surface area contributed by atoms with Crippen LogP contribution in [0.5, 0.6) is 0 Å². The molecule has 0 spiro atoms. The van der Waals surface area contributed by atoms with Crippen LogP contribution in [0.4, 0.5) is 4.39 Å². The van der Waals surface area contributed by atoms with Gasteiger partial charge in [0.2, 0.25) is 0 Å². The van der Waals surface area contributed by atoms with E-state index in [1.54, 1.807) is 13.0 Å². The number of halogens is 1. The molecular formula is C11H10FN3O2. The summed E-state index contributed by atoms with van der Waals surface area (Å²) in [5.74, 6) is -1.41. The molecule has 0 bridgehead atoms. The van der Waals surface area contributed by atoms with Crippen molar-refractivity contribution in [1.82, 2.24) is 15.0 Å². The summed E-state index contributed by atoms with van der Waals surface area (Å²) in [7, 11) is 0. The molecule has 0 saturated heterocycles. The van der Waals surface area contributed by atoms with Crippen molar-refractivity contribution in [2.24, 2.45) is 0 Å². The van der Waals surface area contributed by atoms with Crippen LogP contribution in [0.3, 0.4) is 0 Å². The van der Waals surface area contributed by atoms with Crippen molar-refractivity contribution in [3.8, 4) is 0 Å². The molecule has 0 atom stereocenters. The van der Waals surface area contributed by atoms with Crippen LogP contribution in [0, 0.1) is 12.7 Å².